The van der Waals surface area contributed by atoms with Gasteiger partial charge in [-0.2, -0.15) is 0 Å². The number of carbonyl (C=O) groups is 1. The van der Waals surface area contributed by atoms with Gasteiger partial charge in [0.2, 0.25) is 0 Å². The van der Waals surface area contributed by atoms with Gasteiger partial charge in [-0.3, -0.25) is 14.6 Å². The predicted molar refractivity (Wildman–Crippen MR) is 95.2 cm³/mol. The van der Waals surface area contributed by atoms with Crippen LogP contribution in [0.2, 0.25) is 0 Å². The summed E-state index contributed by atoms with van der Waals surface area (Å²) >= 11 is 0. The Balaban J connectivity index is 2.43. The molecule has 0 aromatic carbocycles. The molecule has 1 atom stereocenters. The highest BCUT2D eigenvalue weighted by atomic mass is 16.2. The van der Waals surface area contributed by atoms with E-state index in [-0.39, 0.29) is 23.1 Å². The van der Waals surface area contributed by atoms with Crippen molar-refractivity contribution in [2.45, 2.75) is 39.7 Å². The van der Waals surface area contributed by atoms with E-state index in [1.807, 2.05) is 39.0 Å². The molecule has 2 heterocycles. The van der Waals surface area contributed by atoms with Crippen molar-refractivity contribution in [3.8, 4) is 0 Å². The first-order valence-corrected chi connectivity index (χ1v) is 8.29. The Kier molecular flexibility index (Phi) is 5.54. The minimum absolute atomic E-state index is 0.158. The third-order valence-electron chi connectivity index (χ3n) is 4.52. The van der Waals surface area contributed by atoms with Crippen molar-refractivity contribution in [2.24, 2.45) is 7.05 Å². The molecule has 1 amide bonds. The van der Waals surface area contributed by atoms with Gasteiger partial charge in [-0.1, -0.05) is 19.9 Å². The zero-order valence-corrected chi connectivity index (χ0v) is 15.0. The minimum Gasteiger partial charge on any atom is -0.333 e. The topological polar surface area (TPSA) is 55.2 Å². The van der Waals surface area contributed by atoms with Crippen LogP contribution >= 0.6 is 0 Å². The summed E-state index contributed by atoms with van der Waals surface area (Å²) in [6.45, 7) is 5.95. The molecular weight excluding hydrogens is 302 g/mol. The molecule has 0 aliphatic carbocycles. The highest BCUT2D eigenvalue weighted by molar-refractivity contribution is 5.94. The summed E-state index contributed by atoms with van der Waals surface area (Å²) in [5.41, 5.74) is 2.71. The third-order valence-corrected chi connectivity index (χ3v) is 4.52. The molecule has 128 valence electrons. The molecule has 2 aromatic heterocycles. The first-order valence-electron chi connectivity index (χ1n) is 8.29. The fourth-order valence-electron chi connectivity index (χ4n) is 3.18. The molecule has 0 unspecified atom stereocenters. The average Bonchev–Trinajstić information content (AvgIpc) is 2.59. The molecule has 0 radical (unpaired) electrons. The highest BCUT2D eigenvalue weighted by Crippen LogP contribution is 2.22. The summed E-state index contributed by atoms with van der Waals surface area (Å²) in [6, 6.07) is 7.21. The maximum absolute atomic E-state index is 12.9. The van der Waals surface area contributed by atoms with E-state index in [1.54, 1.807) is 35.8 Å². The van der Waals surface area contributed by atoms with Crippen molar-refractivity contribution in [3.63, 3.8) is 0 Å². The van der Waals surface area contributed by atoms with Crippen LogP contribution in [-0.4, -0.2) is 27.4 Å². The van der Waals surface area contributed by atoms with Gasteiger partial charge in [0.15, 0.2) is 0 Å². The molecule has 2 rings (SSSR count). The Morgan fingerprint density at radius 1 is 1.33 bits per heavy atom. The first kappa shape index (κ1) is 17.9. The van der Waals surface area contributed by atoms with Gasteiger partial charge in [-0.05, 0) is 43.5 Å². The maximum atomic E-state index is 12.9. The smallest absolute Gasteiger partial charge is 0.263 e. The average molecular weight is 327 g/mol. The van der Waals surface area contributed by atoms with Crippen molar-refractivity contribution < 1.29 is 4.79 Å². The van der Waals surface area contributed by atoms with Gasteiger partial charge >= 0.3 is 0 Å². The van der Waals surface area contributed by atoms with Gasteiger partial charge in [0, 0.05) is 26.0 Å². The molecule has 0 aliphatic heterocycles. The van der Waals surface area contributed by atoms with Crippen molar-refractivity contribution in [2.75, 3.05) is 7.05 Å². The fourth-order valence-corrected chi connectivity index (χ4v) is 3.18. The van der Waals surface area contributed by atoms with Gasteiger partial charge in [0.05, 0.1) is 11.7 Å². The number of aromatic nitrogens is 2. The molecule has 0 saturated heterocycles. The molecule has 0 fully saturated rings. The minimum atomic E-state index is -0.265. The van der Waals surface area contributed by atoms with Crippen LogP contribution in [0.15, 0.2) is 35.3 Å². The Bertz CT molecular complexity index is 781. The number of nitrogens with zero attached hydrogens (tertiary/aromatic N) is 3. The van der Waals surface area contributed by atoms with Crippen molar-refractivity contribution in [1.29, 1.82) is 0 Å². The fraction of sp³-hybridized carbons (Fsp3) is 0.421. The van der Waals surface area contributed by atoms with Gasteiger partial charge in [-0.25, -0.2) is 0 Å². The van der Waals surface area contributed by atoms with Crippen LogP contribution in [0.1, 0.15) is 53.6 Å². The molecule has 24 heavy (non-hydrogen) atoms. The summed E-state index contributed by atoms with van der Waals surface area (Å²) < 4.78 is 1.58. The largest absolute Gasteiger partial charge is 0.333 e. The van der Waals surface area contributed by atoms with Crippen LogP contribution < -0.4 is 5.56 Å². The Labute approximate surface area is 143 Å². The molecule has 0 aliphatic rings. The lowest BCUT2D eigenvalue weighted by molar-refractivity contribution is 0.0720. The molecule has 0 bridgehead atoms. The van der Waals surface area contributed by atoms with Crippen molar-refractivity contribution in [3.05, 3.63) is 63.3 Å². The number of aryl methyl sites for hydroxylation is 1. The Hall–Kier alpha value is -2.43. The number of carbonyl (C=O) groups excluding carboxylic acids is 1. The SMILES string of the molecule is CCc1c(C)cc(C(=O)N(C)[C@H](CC)c2ccccn2)c(=O)n1C. The van der Waals surface area contributed by atoms with Crippen LogP contribution in [0.5, 0.6) is 0 Å². The second kappa shape index (κ2) is 7.43. The number of hydrogen-bond acceptors (Lipinski definition) is 3. The van der Waals surface area contributed by atoms with Gasteiger partial charge in [0.1, 0.15) is 5.56 Å². The van der Waals surface area contributed by atoms with Gasteiger partial charge in [-0.15, -0.1) is 0 Å². The van der Waals surface area contributed by atoms with E-state index >= 15 is 0 Å². The molecule has 5 heteroatoms. The second-order valence-corrected chi connectivity index (χ2v) is 6.00. The monoisotopic (exact) mass is 327 g/mol. The lowest BCUT2D eigenvalue weighted by Gasteiger charge is -2.27. The van der Waals surface area contributed by atoms with Crippen LogP contribution in [0.3, 0.4) is 0 Å². The normalized spacial score (nSPS) is 12.0. The summed E-state index contributed by atoms with van der Waals surface area (Å²) in [4.78, 5) is 31.5. The first-order chi connectivity index (χ1) is 11.4. The molecule has 0 N–H and O–H groups in total. The Morgan fingerprint density at radius 2 is 2.04 bits per heavy atom. The molecule has 5 nitrogen and oxygen atoms in total. The van der Waals surface area contributed by atoms with E-state index in [9.17, 15) is 9.59 Å². The number of amides is 1. The Morgan fingerprint density at radius 3 is 2.58 bits per heavy atom. The predicted octanol–water partition coefficient (Wildman–Crippen LogP) is 2.87. The van der Waals surface area contributed by atoms with E-state index in [0.29, 0.717) is 0 Å². The van der Waals surface area contributed by atoms with Gasteiger partial charge in [0.25, 0.3) is 11.5 Å². The van der Waals surface area contributed by atoms with E-state index in [0.717, 1.165) is 29.8 Å². The van der Waals surface area contributed by atoms with Gasteiger partial charge < -0.3 is 9.47 Å². The summed E-state index contributed by atoms with van der Waals surface area (Å²) in [5.74, 6) is -0.265. The summed E-state index contributed by atoms with van der Waals surface area (Å²) in [6.07, 6.45) is 3.20. The molecule has 0 saturated carbocycles. The standard InChI is InChI=1S/C19H25N3O2/c1-6-16-13(3)12-14(18(23)21(16)4)19(24)22(5)17(7-2)15-10-8-9-11-20-15/h8-12,17H,6-7H2,1-5H3/t17-/m1/s1. The van der Waals surface area contributed by atoms with E-state index in [1.165, 1.54) is 0 Å². The molecule has 2 aromatic rings. The number of hydrogen-bond donors (Lipinski definition) is 0. The zero-order valence-electron chi connectivity index (χ0n) is 15.0. The lowest BCUT2D eigenvalue weighted by Crippen LogP contribution is -2.37. The van der Waals surface area contributed by atoms with Crippen molar-refractivity contribution in [1.82, 2.24) is 14.5 Å². The molecular formula is C19H25N3O2. The zero-order chi connectivity index (χ0) is 17.9. The van der Waals surface area contributed by atoms with Crippen LogP contribution in [-0.2, 0) is 13.5 Å². The summed E-state index contributed by atoms with van der Waals surface area (Å²) in [5, 5.41) is 0. The van der Waals surface area contributed by atoms with E-state index < -0.39 is 0 Å². The third kappa shape index (κ3) is 3.25. The quantitative estimate of drug-likeness (QED) is 0.848. The highest BCUT2D eigenvalue weighted by Gasteiger charge is 2.25. The van der Waals surface area contributed by atoms with E-state index in [4.69, 9.17) is 0 Å². The van der Waals surface area contributed by atoms with Crippen LogP contribution in [0.4, 0.5) is 0 Å². The van der Waals surface area contributed by atoms with Crippen LogP contribution in [0.25, 0.3) is 0 Å². The summed E-state index contributed by atoms with van der Waals surface area (Å²) in [7, 11) is 3.45. The maximum Gasteiger partial charge on any atom is 0.263 e. The van der Waals surface area contributed by atoms with Crippen LogP contribution in [0, 0.1) is 6.92 Å². The molecule has 0 spiro atoms. The number of rotatable bonds is 5. The second-order valence-electron chi connectivity index (χ2n) is 6.00. The number of pyridine rings is 2. The van der Waals surface area contributed by atoms with E-state index in [2.05, 4.69) is 4.98 Å². The van der Waals surface area contributed by atoms with Crippen molar-refractivity contribution >= 4 is 5.91 Å². The lowest BCUT2D eigenvalue weighted by atomic mass is 10.1.